The van der Waals surface area contributed by atoms with Crippen molar-refractivity contribution in [3.8, 4) is 0 Å². The molecular weight excluding hydrogens is 258 g/mol. The first-order valence-electron chi connectivity index (χ1n) is 6.74. The fourth-order valence-corrected chi connectivity index (χ4v) is 2.73. The average Bonchev–Trinajstić information content (AvgIpc) is 2.39. The molecule has 2 amide bonds. The van der Waals surface area contributed by atoms with Crippen molar-refractivity contribution >= 4 is 17.7 Å². The minimum Gasteiger partial charge on any atom is -0.480 e. The van der Waals surface area contributed by atoms with Crippen LogP contribution in [0.25, 0.3) is 0 Å². The van der Waals surface area contributed by atoms with Crippen LogP contribution in [0.3, 0.4) is 0 Å². The van der Waals surface area contributed by atoms with Gasteiger partial charge < -0.3 is 15.7 Å². The molecule has 0 aliphatic heterocycles. The zero-order valence-electron chi connectivity index (χ0n) is 11.4. The Labute approximate surface area is 117 Å². The van der Waals surface area contributed by atoms with Crippen molar-refractivity contribution in [2.45, 2.75) is 38.1 Å². The maximum atomic E-state index is 12.0. The van der Waals surface area contributed by atoms with Crippen LogP contribution >= 0.6 is 0 Å². The number of hydrogen-bond donors (Lipinski definition) is 3. The first-order chi connectivity index (χ1) is 9.52. The molecule has 2 rings (SSSR count). The molecule has 2 unspecified atom stereocenters. The number of urea groups is 1. The molecule has 0 saturated heterocycles. The minimum atomic E-state index is -1.16. The first kappa shape index (κ1) is 14.3. The van der Waals surface area contributed by atoms with Gasteiger partial charge in [-0.3, -0.25) is 4.98 Å². The summed E-state index contributed by atoms with van der Waals surface area (Å²) in [5.41, 5.74) is -0.626. The summed E-state index contributed by atoms with van der Waals surface area (Å²) >= 11 is 0. The van der Waals surface area contributed by atoms with Gasteiger partial charge >= 0.3 is 12.0 Å². The quantitative estimate of drug-likeness (QED) is 0.790. The van der Waals surface area contributed by atoms with Gasteiger partial charge in [0.1, 0.15) is 5.54 Å². The van der Waals surface area contributed by atoms with Crippen LogP contribution in [0.4, 0.5) is 10.5 Å². The van der Waals surface area contributed by atoms with E-state index in [0.717, 1.165) is 12.8 Å². The van der Waals surface area contributed by atoms with Gasteiger partial charge in [-0.05, 0) is 30.9 Å². The molecular formula is C14H19N3O3. The summed E-state index contributed by atoms with van der Waals surface area (Å²) in [5, 5.41) is 14.7. The molecule has 0 aromatic carbocycles. The van der Waals surface area contributed by atoms with E-state index in [1.165, 1.54) is 6.20 Å². The van der Waals surface area contributed by atoms with Gasteiger partial charge in [0.25, 0.3) is 0 Å². The third kappa shape index (κ3) is 3.26. The van der Waals surface area contributed by atoms with E-state index in [4.69, 9.17) is 0 Å². The Morgan fingerprint density at radius 2 is 2.30 bits per heavy atom. The topological polar surface area (TPSA) is 91.3 Å². The number of nitrogens with zero attached hydrogens (tertiary/aromatic N) is 1. The number of amides is 2. The van der Waals surface area contributed by atoms with Gasteiger partial charge in [-0.2, -0.15) is 0 Å². The highest BCUT2D eigenvalue weighted by molar-refractivity contribution is 5.93. The van der Waals surface area contributed by atoms with E-state index in [-0.39, 0.29) is 0 Å². The van der Waals surface area contributed by atoms with Crippen molar-refractivity contribution in [3.05, 3.63) is 24.5 Å². The van der Waals surface area contributed by atoms with E-state index in [0.29, 0.717) is 24.4 Å². The molecule has 1 fully saturated rings. The molecule has 1 aromatic heterocycles. The number of aromatic nitrogens is 1. The summed E-state index contributed by atoms with van der Waals surface area (Å²) in [7, 11) is 0. The predicted octanol–water partition coefficient (Wildman–Crippen LogP) is 2.24. The average molecular weight is 277 g/mol. The summed E-state index contributed by atoms with van der Waals surface area (Å²) in [5.74, 6) is -0.677. The number of carboxylic acids is 1. The highest BCUT2D eigenvalue weighted by atomic mass is 16.4. The molecule has 108 valence electrons. The molecule has 6 heteroatoms. The number of rotatable bonds is 3. The molecule has 0 spiro atoms. The third-order valence-corrected chi connectivity index (χ3v) is 3.68. The van der Waals surface area contributed by atoms with Crippen molar-refractivity contribution in [2.24, 2.45) is 5.92 Å². The van der Waals surface area contributed by atoms with E-state index >= 15 is 0 Å². The van der Waals surface area contributed by atoms with E-state index in [1.54, 1.807) is 18.3 Å². The lowest BCUT2D eigenvalue weighted by Crippen LogP contribution is -2.57. The first-order valence-corrected chi connectivity index (χ1v) is 6.74. The van der Waals surface area contributed by atoms with Crippen molar-refractivity contribution in [2.75, 3.05) is 5.32 Å². The fraction of sp³-hybridized carbons (Fsp3) is 0.500. The number of pyridine rings is 1. The molecule has 1 aromatic rings. The van der Waals surface area contributed by atoms with Gasteiger partial charge in [0.05, 0.1) is 11.9 Å². The summed E-state index contributed by atoms with van der Waals surface area (Å²) in [4.78, 5) is 27.4. The number of carbonyl (C=O) groups is 2. The number of nitrogens with one attached hydrogen (secondary N) is 2. The number of anilines is 1. The van der Waals surface area contributed by atoms with Crippen molar-refractivity contribution in [3.63, 3.8) is 0 Å². The predicted molar refractivity (Wildman–Crippen MR) is 74.4 cm³/mol. The van der Waals surface area contributed by atoms with Crippen LogP contribution in [-0.4, -0.2) is 27.6 Å². The lowest BCUT2D eigenvalue weighted by atomic mass is 9.76. The van der Waals surface area contributed by atoms with Gasteiger partial charge in [-0.1, -0.05) is 19.8 Å². The van der Waals surface area contributed by atoms with E-state index in [2.05, 4.69) is 15.6 Å². The Morgan fingerprint density at radius 1 is 1.50 bits per heavy atom. The van der Waals surface area contributed by atoms with Gasteiger partial charge in [0.2, 0.25) is 0 Å². The van der Waals surface area contributed by atoms with Crippen LogP contribution in [-0.2, 0) is 4.79 Å². The second-order valence-electron chi connectivity index (χ2n) is 5.41. The maximum Gasteiger partial charge on any atom is 0.329 e. The highest BCUT2D eigenvalue weighted by Crippen LogP contribution is 2.32. The number of carboxylic acid groups (broad SMARTS) is 1. The van der Waals surface area contributed by atoms with Gasteiger partial charge in [-0.25, -0.2) is 9.59 Å². The standard InChI is InChI=1S/C14H19N3O3/c1-10-4-2-6-14(8-10,12(18)19)17-13(20)16-11-5-3-7-15-9-11/h3,5,7,9-10H,2,4,6,8H2,1H3,(H,18,19)(H2,16,17,20). The Morgan fingerprint density at radius 3 is 2.90 bits per heavy atom. The summed E-state index contributed by atoms with van der Waals surface area (Å²) in [6, 6.07) is 2.89. The van der Waals surface area contributed by atoms with Crippen LogP contribution in [0.15, 0.2) is 24.5 Å². The number of aliphatic carboxylic acids is 1. The number of hydrogen-bond acceptors (Lipinski definition) is 3. The molecule has 20 heavy (non-hydrogen) atoms. The lowest BCUT2D eigenvalue weighted by molar-refractivity contribution is -0.146. The molecule has 2 atom stereocenters. The van der Waals surface area contributed by atoms with Crippen LogP contribution in [0.2, 0.25) is 0 Å². The minimum absolute atomic E-state index is 0.290. The molecule has 1 saturated carbocycles. The monoisotopic (exact) mass is 277 g/mol. The Kier molecular flexibility index (Phi) is 4.22. The third-order valence-electron chi connectivity index (χ3n) is 3.68. The zero-order chi connectivity index (χ0) is 14.6. The fourth-order valence-electron chi connectivity index (χ4n) is 2.73. The maximum absolute atomic E-state index is 12.0. The summed E-state index contributed by atoms with van der Waals surface area (Å²) in [6.07, 6.45) is 5.85. The number of carbonyl (C=O) groups excluding carboxylic acids is 1. The van der Waals surface area contributed by atoms with Crippen LogP contribution in [0, 0.1) is 5.92 Å². The van der Waals surface area contributed by atoms with E-state index < -0.39 is 17.5 Å². The van der Waals surface area contributed by atoms with Crippen molar-refractivity contribution < 1.29 is 14.7 Å². The Hall–Kier alpha value is -2.11. The smallest absolute Gasteiger partial charge is 0.329 e. The largest absolute Gasteiger partial charge is 0.480 e. The second kappa shape index (κ2) is 5.90. The van der Waals surface area contributed by atoms with E-state index in [9.17, 15) is 14.7 Å². The van der Waals surface area contributed by atoms with Crippen LogP contribution < -0.4 is 10.6 Å². The second-order valence-corrected chi connectivity index (χ2v) is 5.41. The molecule has 0 radical (unpaired) electrons. The van der Waals surface area contributed by atoms with Crippen molar-refractivity contribution in [1.29, 1.82) is 0 Å². The van der Waals surface area contributed by atoms with Crippen molar-refractivity contribution in [1.82, 2.24) is 10.3 Å². The molecule has 1 aliphatic rings. The molecule has 6 nitrogen and oxygen atoms in total. The molecule has 1 aliphatic carbocycles. The molecule has 3 N–H and O–H groups in total. The zero-order valence-corrected chi connectivity index (χ0v) is 11.4. The van der Waals surface area contributed by atoms with E-state index in [1.807, 2.05) is 6.92 Å². The Balaban J connectivity index is 2.05. The van der Waals surface area contributed by atoms with Gasteiger partial charge in [0, 0.05) is 6.20 Å². The molecule has 0 bridgehead atoms. The van der Waals surface area contributed by atoms with Gasteiger partial charge in [-0.15, -0.1) is 0 Å². The normalized spacial score (nSPS) is 25.8. The van der Waals surface area contributed by atoms with Crippen LogP contribution in [0.5, 0.6) is 0 Å². The van der Waals surface area contributed by atoms with Crippen LogP contribution in [0.1, 0.15) is 32.6 Å². The lowest BCUT2D eigenvalue weighted by Gasteiger charge is -2.36. The summed E-state index contributed by atoms with van der Waals surface area (Å²) < 4.78 is 0. The SMILES string of the molecule is CC1CCCC(NC(=O)Nc2cccnc2)(C(=O)O)C1. The highest BCUT2D eigenvalue weighted by Gasteiger charge is 2.43. The molecule has 1 heterocycles. The van der Waals surface area contributed by atoms with Gasteiger partial charge in [0.15, 0.2) is 0 Å². The summed E-state index contributed by atoms with van der Waals surface area (Å²) in [6.45, 7) is 2.01. The Bertz CT molecular complexity index is 492.